The Labute approximate surface area is 284 Å². The van der Waals surface area contributed by atoms with Gasteiger partial charge in [0.2, 0.25) is 5.91 Å². The minimum Gasteiger partial charge on any atom is -0.462 e. The fourth-order valence-electron chi connectivity index (χ4n) is 7.65. The topological polar surface area (TPSA) is 101 Å². The van der Waals surface area contributed by atoms with Crippen molar-refractivity contribution in [2.75, 3.05) is 62.7 Å². The molecule has 10 heteroatoms. The molecule has 4 heterocycles. The molecule has 1 aromatic heterocycles. The SMILES string of the molecule is Cc1cccc2cccc(N3CCCc4c(nc(OC[C@@H]5CCCN5C)nc4N4CCN(C(=O)/C=C/CNC5CC5)[C@@H](CC#N)C4)C3)c12. The fourth-order valence-corrected chi connectivity index (χ4v) is 7.65. The van der Waals surface area contributed by atoms with Gasteiger partial charge in [0.25, 0.3) is 0 Å². The van der Waals surface area contributed by atoms with Gasteiger partial charge < -0.3 is 29.7 Å². The lowest BCUT2D eigenvalue weighted by atomic mass is 10.0. The number of fused-ring (bicyclic) bond motifs is 2. The van der Waals surface area contributed by atoms with Gasteiger partial charge in [-0.05, 0) is 76.1 Å². The average Bonchev–Trinajstić information content (AvgIpc) is 3.87. The van der Waals surface area contributed by atoms with Gasteiger partial charge in [-0.3, -0.25) is 4.79 Å². The van der Waals surface area contributed by atoms with Crippen LogP contribution in [0.1, 0.15) is 55.3 Å². The largest absolute Gasteiger partial charge is 0.462 e. The van der Waals surface area contributed by atoms with Crippen LogP contribution in [0, 0.1) is 18.3 Å². The van der Waals surface area contributed by atoms with Gasteiger partial charge >= 0.3 is 6.01 Å². The van der Waals surface area contributed by atoms with Crippen LogP contribution in [0.2, 0.25) is 0 Å². The van der Waals surface area contributed by atoms with E-state index in [4.69, 9.17) is 14.7 Å². The van der Waals surface area contributed by atoms with Crippen molar-refractivity contribution < 1.29 is 9.53 Å². The Morgan fingerprint density at radius 3 is 2.69 bits per heavy atom. The Hall–Kier alpha value is -4.20. The number of nitrogens with one attached hydrogen (secondary N) is 1. The van der Waals surface area contributed by atoms with E-state index in [-0.39, 0.29) is 18.4 Å². The number of anilines is 2. The van der Waals surface area contributed by atoms with E-state index in [1.165, 1.54) is 41.3 Å². The van der Waals surface area contributed by atoms with Crippen molar-refractivity contribution in [2.45, 2.75) is 76.5 Å². The van der Waals surface area contributed by atoms with Crippen molar-refractivity contribution in [1.29, 1.82) is 5.26 Å². The average molecular weight is 649 g/mol. The molecule has 2 atom stereocenters. The Morgan fingerprint density at radius 1 is 1.04 bits per heavy atom. The van der Waals surface area contributed by atoms with Gasteiger partial charge in [0.15, 0.2) is 0 Å². The highest BCUT2D eigenvalue weighted by atomic mass is 16.5. The number of likely N-dealkylation sites (N-methyl/N-ethyl adjacent to an activating group) is 1. The highest BCUT2D eigenvalue weighted by Gasteiger charge is 2.33. The maximum absolute atomic E-state index is 13.3. The van der Waals surface area contributed by atoms with Crippen LogP contribution in [0.5, 0.6) is 6.01 Å². The highest BCUT2D eigenvalue weighted by molar-refractivity contribution is 5.97. The van der Waals surface area contributed by atoms with Crippen LogP contribution in [-0.2, 0) is 17.8 Å². The van der Waals surface area contributed by atoms with Crippen molar-refractivity contribution >= 4 is 28.2 Å². The number of ether oxygens (including phenoxy) is 1. The molecule has 0 radical (unpaired) electrons. The van der Waals surface area contributed by atoms with E-state index in [1.807, 2.05) is 11.0 Å². The summed E-state index contributed by atoms with van der Waals surface area (Å²) >= 11 is 0. The monoisotopic (exact) mass is 648 g/mol. The van der Waals surface area contributed by atoms with E-state index < -0.39 is 0 Å². The van der Waals surface area contributed by atoms with Crippen LogP contribution < -0.4 is 19.9 Å². The smallest absolute Gasteiger partial charge is 0.318 e. The molecule has 7 rings (SSSR count). The van der Waals surface area contributed by atoms with Gasteiger partial charge in [0.05, 0.1) is 30.8 Å². The van der Waals surface area contributed by atoms with Gasteiger partial charge in [0.1, 0.15) is 12.4 Å². The lowest BCUT2D eigenvalue weighted by Crippen LogP contribution is -2.55. The van der Waals surface area contributed by atoms with E-state index in [1.54, 1.807) is 6.08 Å². The number of hydrogen-bond donors (Lipinski definition) is 1. The molecule has 252 valence electrons. The second kappa shape index (κ2) is 14.5. The first-order valence-electron chi connectivity index (χ1n) is 17.8. The number of aromatic nitrogens is 2. The van der Waals surface area contributed by atoms with Crippen molar-refractivity contribution in [3.8, 4) is 12.1 Å². The van der Waals surface area contributed by atoms with Crippen LogP contribution in [0.3, 0.4) is 0 Å². The summed E-state index contributed by atoms with van der Waals surface area (Å²) in [4.78, 5) is 32.4. The Morgan fingerprint density at radius 2 is 1.90 bits per heavy atom. The number of nitrogens with zero attached hydrogens (tertiary/aromatic N) is 7. The number of hydrogen-bond acceptors (Lipinski definition) is 9. The molecule has 1 amide bonds. The van der Waals surface area contributed by atoms with E-state index in [0.717, 1.165) is 49.4 Å². The Balaban J connectivity index is 1.17. The third-order valence-electron chi connectivity index (χ3n) is 10.5. The molecule has 0 spiro atoms. The standard InChI is InChI=1S/C38H48N8O2/c1-27-8-3-9-28-10-4-13-34(36(27)28)44-21-7-12-32-33(25-44)41-38(48-26-31-11-6-20-43(31)2)42-37(32)45-22-23-46(30(24-45)17-18-39)35(47)14-5-19-40-29-15-16-29/h3-5,8-10,13-14,29-31,40H,6-7,11-12,15-17,19-26H2,1-2H3/b14-5+/t30-,31-/m0/s1. The number of carbonyl (C=O) groups is 1. The number of likely N-dealkylation sites (tertiary alicyclic amines) is 1. The minimum atomic E-state index is -0.222. The van der Waals surface area contributed by atoms with Crippen molar-refractivity contribution in [3.63, 3.8) is 0 Å². The second-order valence-corrected chi connectivity index (χ2v) is 13.9. The highest BCUT2D eigenvalue weighted by Crippen LogP contribution is 2.35. The van der Waals surface area contributed by atoms with Gasteiger partial charge in [-0.1, -0.05) is 36.4 Å². The molecule has 2 saturated heterocycles. The third kappa shape index (κ3) is 7.13. The molecule has 4 aliphatic rings. The zero-order valence-corrected chi connectivity index (χ0v) is 28.4. The first-order valence-corrected chi connectivity index (χ1v) is 17.8. The van der Waals surface area contributed by atoms with E-state index in [2.05, 4.69) is 76.5 Å². The predicted molar refractivity (Wildman–Crippen MR) is 189 cm³/mol. The number of rotatable bonds is 10. The van der Waals surface area contributed by atoms with Crippen molar-refractivity contribution in [3.05, 3.63) is 65.4 Å². The Bertz CT molecular complexity index is 1690. The number of piperazine rings is 1. The summed E-state index contributed by atoms with van der Waals surface area (Å²) < 4.78 is 6.40. The molecule has 0 unspecified atom stereocenters. The summed E-state index contributed by atoms with van der Waals surface area (Å²) in [5.74, 6) is 0.865. The summed E-state index contributed by atoms with van der Waals surface area (Å²) in [6, 6.07) is 16.6. The van der Waals surface area contributed by atoms with Crippen LogP contribution in [-0.4, -0.2) is 96.7 Å². The van der Waals surface area contributed by atoms with Crippen molar-refractivity contribution in [2.24, 2.45) is 0 Å². The van der Waals surface area contributed by atoms with Gasteiger partial charge in [-0.25, -0.2) is 0 Å². The lowest BCUT2D eigenvalue weighted by Gasteiger charge is -2.41. The predicted octanol–water partition coefficient (Wildman–Crippen LogP) is 4.60. The molecular weight excluding hydrogens is 600 g/mol. The number of benzene rings is 2. The van der Waals surface area contributed by atoms with E-state index in [9.17, 15) is 10.1 Å². The summed E-state index contributed by atoms with van der Waals surface area (Å²) in [6.45, 7) is 7.83. The first kappa shape index (κ1) is 32.4. The van der Waals surface area contributed by atoms with E-state index in [0.29, 0.717) is 57.4 Å². The van der Waals surface area contributed by atoms with E-state index >= 15 is 0 Å². The fraction of sp³-hybridized carbons (Fsp3) is 0.526. The summed E-state index contributed by atoms with van der Waals surface area (Å²) in [5, 5.41) is 15.7. The molecule has 3 aromatic rings. The van der Waals surface area contributed by atoms with Gasteiger partial charge in [-0.15, -0.1) is 0 Å². The number of aryl methyl sites for hydroxylation is 1. The summed E-state index contributed by atoms with van der Waals surface area (Å²) in [5.41, 5.74) is 4.65. The Kier molecular flexibility index (Phi) is 9.78. The molecule has 0 bridgehead atoms. The molecule has 1 N–H and O–H groups in total. The second-order valence-electron chi connectivity index (χ2n) is 13.9. The van der Waals surface area contributed by atoms with Gasteiger partial charge in [-0.2, -0.15) is 15.2 Å². The molecule has 3 aliphatic heterocycles. The summed E-state index contributed by atoms with van der Waals surface area (Å²) in [6.07, 6.45) is 10.4. The number of carbonyl (C=O) groups excluding carboxylic acids is 1. The molecule has 2 aromatic carbocycles. The number of nitriles is 1. The number of amides is 1. The lowest BCUT2D eigenvalue weighted by molar-refractivity contribution is -0.128. The van der Waals surface area contributed by atoms with Crippen LogP contribution in [0.25, 0.3) is 10.8 Å². The molecule has 1 saturated carbocycles. The molecule has 48 heavy (non-hydrogen) atoms. The van der Waals surface area contributed by atoms with Gasteiger partial charge in [0, 0.05) is 67.5 Å². The quantitative estimate of drug-likeness (QED) is 0.316. The minimum absolute atomic E-state index is 0.0280. The van der Waals surface area contributed by atoms with Crippen molar-refractivity contribution in [1.82, 2.24) is 25.1 Å². The van der Waals surface area contributed by atoms with Crippen LogP contribution >= 0.6 is 0 Å². The third-order valence-corrected chi connectivity index (χ3v) is 10.5. The van der Waals surface area contributed by atoms with Crippen LogP contribution in [0.4, 0.5) is 11.5 Å². The molecule has 3 fully saturated rings. The van der Waals surface area contributed by atoms with Crippen LogP contribution in [0.15, 0.2) is 48.6 Å². The maximum Gasteiger partial charge on any atom is 0.318 e. The summed E-state index contributed by atoms with van der Waals surface area (Å²) in [7, 11) is 2.16. The molecule has 1 aliphatic carbocycles. The molecular formula is C38H48N8O2. The molecule has 10 nitrogen and oxygen atoms in total. The zero-order valence-electron chi connectivity index (χ0n) is 28.4. The normalized spacial score (nSPS) is 21.8. The zero-order chi connectivity index (χ0) is 33.0. The first-order chi connectivity index (χ1) is 23.5. The maximum atomic E-state index is 13.3.